The molecule has 0 aliphatic carbocycles. The predicted molar refractivity (Wildman–Crippen MR) is 115 cm³/mol. The number of non-ortho nitro benzene ring substituents is 1. The van der Waals surface area contributed by atoms with Crippen molar-refractivity contribution in [1.29, 1.82) is 0 Å². The summed E-state index contributed by atoms with van der Waals surface area (Å²) in [6.45, 7) is 1.48. The van der Waals surface area contributed by atoms with Gasteiger partial charge in [-0.1, -0.05) is 29.5 Å². The first-order valence-electron chi connectivity index (χ1n) is 8.92. The number of allylic oxidation sites excluding steroid dienone is 1. The average Bonchev–Trinajstić information content (AvgIpc) is 3.19. The Morgan fingerprint density at radius 3 is 2.63 bits per heavy atom. The van der Waals surface area contributed by atoms with Gasteiger partial charge in [0.05, 0.1) is 22.0 Å². The summed E-state index contributed by atoms with van der Waals surface area (Å²) in [4.78, 5) is 39.4. The molecule has 0 atom stereocenters. The van der Waals surface area contributed by atoms with Crippen LogP contribution in [0.15, 0.2) is 58.3 Å². The number of fused-ring (bicyclic) bond motifs is 1. The largest absolute Gasteiger partial charge is 0.493 e. The van der Waals surface area contributed by atoms with Crippen molar-refractivity contribution in [2.75, 3.05) is 0 Å². The minimum Gasteiger partial charge on any atom is -0.493 e. The highest BCUT2D eigenvalue weighted by atomic mass is 32.1. The molecule has 1 aliphatic heterocycles. The van der Waals surface area contributed by atoms with Crippen LogP contribution in [0.25, 0.3) is 11.6 Å². The molecule has 3 aromatic rings. The first kappa shape index (κ1) is 19.5. The molecule has 4 rings (SSSR count). The molecule has 2 aromatic carbocycles. The molecule has 150 valence electrons. The molecule has 0 fully saturated rings. The van der Waals surface area contributed by atoms with E-state index in [1.165, 1.54) is 24.3 Å². The van der Waals surface area contributed by atoms with E-state index in [0.29, 0.717) is 4.88 Å². The number of nitrogens with zero attached hydrogens (tertiary/aromatic N) is 3. The topological polar surface area (TPSA) is 115 Å². The summed E-state index contributed by atoms with van der Waals surface area (Å²) in [7, 11) is 0. The van der Waals surface area contributed by atoms with E-state index in [1.54, 1.807) is 6.08 Å². The molecule has 8 nitrogen and oxygen atoms in total. The molecular weight excluding hydrogens is 406 g/mol. The summed E-state index contributed by atoms with van der Waals surface area (Å²) < 4.78 is 0.994. The highest BCUT2D eigenvalue weighted by Crippen LogP contribution is 2.37. The quantitative estimate of drug-likeness (QED) is 0.379. The molecule has 0 saturated heterocycles. The number of nitro benzene ring substituents is 1. The van der Waals surface area contributed by atoms with E-state index in [0.717, 1.165) is 38.4 Å². The number of nitro groups is 1. The summed E-state index contributed by atoms with van der Waals surface area (Å²) >= 11 is 0.833. The average molecular weight is 421 g/mol. The molecule has 0 spiro atoms. The number of Topliss-reactive ketones (excluding diaryl/α,β-unsaturated/α-hetero) is 1. The highest BCUT2D eigenvalue weighted by Gasteiger charge is 2.21. The van der Waals surface area contributed by atoms with Crippen molar-refractivity contribution in [2.24, 2.45) is 4.99 Å². The molecule has 0 amide bonds. The maximum atomic E-state index is 12.5. The Labute approximate surface area is 174 Å². The molecular formula is C21H15N3O5S. The van der Waals surface area contributed by atoms with Crippen LogP contribution in [-0.2, 0) is 6.54 Å². The smallest absolute Gasteiger partial charge is 0.311 e. The van der Waals surface area contributed by atoms with Crippen molar-refractivity contribution in [3.63, 3.8) is 0 Å². The highest BCUT2D eigenvalue weighted by molar-refractivity contribution is 7.10. The Bertz CT molecular complexity index is 1300. The maximum Gasteiger partial charge on any atom is 0.311 e. The number of hydrogen-bond donors (Lipinski definition) is 1. The zero-order valence-corrected chi connectivity index (χ0v) is 16.5. The van der Waals surface area contributed by atoms with E-state index in [4.69, 9.17) is 0 Å². The van der Waals surface area contributed by atoms with E-state index in [2.05, 4.69) is 4.99 Å². The lowest BCUT2D eigenvalue weighted by atomic mass is 10.0. The second-order valence-corrected chi connectivity index (χ2v) is 7.63. The van der Waals surface area contributed by atoms with Gasteiger partial charge in [-0.2, -0.15) is 0 Å². The molecule has 0 bridgehead atoms. The second-order valence-electron chi connectivity index (χ2n) is 6.64. The fourth-order valence-electron chi connectivity index (χ4n) is 3.20. The molecule has 0 unspecified atom stereocenters. The number of carbonyl (C=O) groups excluding carboxylic acids is 1. The van der Waals surface area contributed by atoms with Gasteiger partial charge in [0.25, 0.3) is 5.69 Å². The minimum atomic E-state index is -0.560. The monoisotopic (exact) mass is 421 g/mol. The van der Waals surface area contributed by atoms with E-state index >= 15 is 0 Å². The van der Waals surface area contributed by atoms with Gasteiger partial charge in [0.1, 0.15) is 0 Å². The molecule has 1 N–H and O–H groups in total. The summed E-state index contributed by atoms with van der Waals surface area (Å²) in [6, 6.07) is 12.7. The van der Waals surface area contributed by atoms with Crippen LogP contribution in [0, 0.1) is 10.1 Å². The van der Waals surface area contributed by atoms with Gasteiger partial charge in [-0.05, 0) is 31.2 Å². The SMILES string of the molecule is CC1=Nc2ccccc2C1=Cc1sc(=O)n(CC(=O)c2ccc([N+](=O)[O-])cc2)c1O. The number of ketones is 1. The lowest BCUT2D eigenvalue weighted by Crippen LogP contribution is -2.19. The van der Waals surface area contributed by atoms with Crippen LogP contribution in [0.2, 0.25) is 0 Å². The number of benzene rings is 2. The van der Waals surface area contributed by atoms with Gasteiger partial charge in [-0.3, -0.25) is 29.3 Å². The van der Waals surface area contributed by atoms with Crippen molar-refractivity contribution < 1.29 is 14.8 Å². The third-order valence-electron chi connectivity index (χ3n) is 4.74. The van der Waals surface area contributed by atoms with Gasteiger partial charge in [-0.25, -0.2) is 0 Å². The van der Waals surface area contributed by atoms with Gasteiger partial charge in [0, 0.05) is 34.5 Å². The zero-order chi connectivity index (χ0) is 21.4. The third-order valence-corrected chi connectivity index (χ3v) is 5.66. The molecule has 0 radical (unpaired) electrons. The van der Waals surface area contributed by atoms with Crippen molar-refractivity contribution in [3.05, 3.63) is 84.3 Å². The van der Waals surface area contributed by atoms with Crippen LogP contribution >= 0.6 is 11.3 Å². The first-order valence-corrected chi connectivity index (χ1v) is 9.74. The molecule has 9 heteroatoms. The lowest BCUT2D eigenvalue weighted by Gasteiger charge is -2.04. The number of aromatic nitrogens is 1. The van der Waals surface area contributed by atoms with E-state index in [-0.39, 0.29) is 23.7 Å². The molecule has 0 saturated carbocycles. The van der Waals surface area contributed by atoms with E-state index in [9.17, 15) is 24.8 Å². The summed E-state index contributed by atoms with van der Waals surface area (Å²) in [5.41, 5.74) is 3.38. The van der Waals surface area contributed by atoms with Crippen LogP contribution in [0.5, 0.6) is 5.88 Å². The number of aromatic hydroxyl groups is 1. The van der Waals surface area contributed by atoms with Crippen LogP contribution in [0.4, 0.5) is 11.4 Å². The van der Waals surface area contributed by atoms with Crippen LogP contribution in [-0.4, -0.2) is 26.1 Å². The van der Waals surface area contributed by atoms with Crippen molar-refractivity contribution in [3.8, 4) is 5.88 Å². The van der Waals surface area contributed by atoms with Gasteiger partial charge in [0.2, 0.25) is 5.88 Å². The van der Waals surface area contributed by atoms with Crippen molar-refractivity contribution in [1.82, 2.24) is 4.57 Å². The van der Waals surface area contributed by atoms with E-state index < -0.39 is 15.6 Å². The Hall–Kier alpha value is -3.85. The zero-order valence-electron chi connectivity index (χ0n) is 15.7. The summed E-state index contributed by atoms with van der Waals surface area (Å²) in [5, 5.41) is 21.3. The minimum absolute atomic E-state index is 0.134. The Balaban J connectivity index is 1.63. The maximum absolute atomic E-state index is 12.5. The van der Waals surface area contributed by atoms with Crippen LogP contribution < -0.4 is 4.87 Å². The fraction of sp³-hybridized carbons (Fsp3) is 0.0952. The van der Waals surface area contributed by atoms with Gasteiger partial charge in [0.15, 0.2) is 5.78 Å². The van der Waals surface area contributed by atoms with Crippen LogP contribution in [0.3, 0.4) is 0 Å². The molecule has 1 aliphatic rings. The Morgan fingerprint density at radius 1 is 1.23 bits per heavy atom. The standard InChI is InChI=1S/C21H15N3O5S/c1-12-16(15-4-2-3-5-17(15)22-12)10-19-20(26)23(21(27)30-19)11-18(25)13-6-8-14(9-7-13)24(28)29/h2-10,26H,11H2,1H3. The number of aliphatic imine (C=N–C) groups is 1. The fourth-order valence-corrected chi connectivity index (χ4v) is 4.03. The molecule has 30 heavy (non-hydrogen) atoms. The van der Waals surface area contributed by atoms with Gasteiger partial charge >= 0.3 is 4.87 Å². The van der Waals surface area contributed by atoms with Gasteiger partial charge in [-0.15, -0.1) is 0 Å². The van der Waals surface area contributed by atoms with Crippen LogP contribution in [0.1, 0.15) is 27.7 Å². The first-order chi connectivity index (χ1) is 14.3. The lowest BCUT2D eigenvalue weighted by molar-refractivity contribution is -0.384. The Kier molecular flexibility index (Phi) is 4.88. The summed E-state index contributed by atoms with van der Waals surface area (Å²) in [6.07, 6.45) is 1.69. The third kappa shape index (κ3) is 3.46. The van der Waals surface area contributed by atoms with E-state index in [1.807, 2.05) is 31.2 Å². The van der Waals surface area contributed by atoms with Crippen molar-refractivity contribution in [2.45, 2.75) is 13.5 Å². The number of thiazole rings is 1. The van der Waals surface area contributed by atoms with Gasteiger partial charge < -0.3 is 5.11 Å². The summed E-state index contributed by atoms with van der Waals surface area (Å²) in [5.74, 6) is -0.742. The number of para-hydroxylation sites is 1. The molecule has 2 heterocycles. The predicted octanol–water partition coefficient (Wildman–Crippen LogP) is 4.05. The Morgan fingerprint density at radius 2 is 1.93 bits per heavy atom. The number of hydrogen-bond acceptors (Lipinski definition) is 7. The van der Waals surface area contributed by atoms with Crippen molar-refractivity contribution >= 4 is 45.9 Å². The number of carbonyl (C=O) groups is 1. The second kappa shape index (κ2) is 7.53. The molecule has 1 aromatic heterocycles. The number of rotatable bonds is 5. The normalized spacial score (nSPS) is 13.9.